The van der Waals surface area contributed by atoms with E-state index in [0.29, 0.717) is 24.6 Å². The average Bonchev–Trinajstić information content (AvgIpc) is 2.53. The van der Waals surface area contributed by atoms with Crippen molar-refractivity contribution in [3.8, 4) is 5.75 Å². The van der Waals surface area contributed by atoms with Gasteiger partial charge in [0, 0.05) is 37.8 Å². The summed E-state index contributed by atoms with van der Waals surface area (Å²) in [5.74, 6) is 1.05. The lowest BCUT2D eigenvalue weighted by molar-refractivity contribution is -0.135. The van der Waals surface area contributed by atoms with Crippen LogP contribution in [0.4, 0.5) is 5.69 Å². The lowest BCUT2D eigenvalue weighted by Gasteiger charge is -2.41. The summed E-state index contributed by atoms with van der Waals surface area (Å²) >= 11 is 5.57. The van der Waals surface area contributed by atoms with Crippen molar-refractivity contribution in [3.05, 3.63) is 24.3 Å². The molecular weight excluding hydrogens is 334 g/mol. The van der Waals surface area contributed by atoms with Crippen LogP contribution in [-0.2, 0) is 4.79 Å². The average molecular weight is 364 g/mol. The van der Waals surface area contributed by atoms with Gasteiger partial charge in [0.25, 0.3) is 0 Å². The van der Waals surface area contributed by atoms with Crippen LogP contribution in [0.2, 0.25) is 0 Å². The maximum atomic E-state index is 12.4. The Hall–Kier alpha value is -1.82. The van der Waals surface area contributed by atoms with Gasteiger partial charge in [0.2, 0.25) is 5.91 Å². The zero-order valence-electron chi connectivity index (χ0n) is 15.8. The number of hydrogen-bond donors (Lipinski definition) is 1. The number of hydrogen-bond acceptors (Lipinski definition) is 3. The van der Waals surface area contributed by atoms with Crippen LogP contribution in [0.25, 0.3) is 0 Å². The fraction of sp³-hybridized carbons (Fsp3) is 0.579. The second-order valence-corrected chi connectivity index (χ2v) is 8.16. The molecule has 1 atom stereocenters. The van der Waals surface area contributed by atoms with Crippen molar-refractivity contribution in [1.82, 2.24) is 9.80 Å². The molecule has 6 heteroatoms. The number of methoxy groups -OCH3 is 1. The van der Waals surface area contributed by atoms with E-state index >= 15 is 0 Å². The molecule has 2 rings (SSSR count). The van der Waals surface area contributed by atoms with Crippen LogP contribution in [0.3, 0.4) is 0 Å². The van der Waals surface area contributed by atoms with Crippen LogP contribution < -0.4 is 10.1 Å². The van der Waals surface area contributed by atoms with Crippen molar-refractivity contribution >= 4 is 28.9 Å². The summed E-state index contributed by atoms with van der Waals surface area (Å²) in [7, 11) is 1.65. The Morgan fingerprint density at radius 3 is 2.44 bits per heavy atom. The molecule has 138 valence electrons. The number of anilines is 1. The number of benzene rings is 1. The number of thiocarbonyl (C=S) groups is 1. The van der Waals surface area contributed by atoms with Gasteiger partial charge in [-0.25, -0.2) is 0 Å². The number of nitrogens with zero attached hydrogens (tertiary/aromatic N) is 2. The van der Waals surface area contributed by atoms with Crippen LogP contribution >= 0.6 is 12.2 Å². The lowest BCUT2D eigenvalue weighted by atomic mass is 9.91. The first-order valence-corrected chi connectivity index (χ1v) is 9.10. The molecular formula is C19H29N3O2S. The SMILES string of the molecule is COc1ccc(NC(=S)N2CCN(C(=O)CC(C)(C)C)CC2C)cc1. The zero-order chi connectivity index (χ0) is 18.6. The van der Waals surface area contributed by atoms with Gasteiger partial charge in [0.05, 0.1) is 7.11 Å². The van der Waals surface area contributed by atoms with E-state index in [0.717, 1.165) is 18.0 Å². The number of rotatable bonds is 3. The summed E-state index contributed by atoms with van der Waals surface area (Å²) < 4.78 is 5.17. The molecule has 5 nitrogen and oxygen atoms in total. The monoisotopic (exact) mass is 363 g/mol. The minimum absolute atomic E-state index is 0.0165. The minimum atomic E-state index is 0.0165. The maximum absolute atomic E-state index is 12.4. The van der Waals surface area contributed by atoms with Crippen molar-refractivity contribution in [2.45, 2.75) is 40.2 Å². The van der Waals surface area contributed by atoms with Crippen LogP contribution in [0.1, 0.15) is 34.1 Å². The Balaban J connectivity index is 1.91. The number of piperazine rings is 1. The molecule has 1 saturated heterocycles. The lowest BCUT2D eigenvalue weighted by Crippen LogP contribution is -2.56. The Morgan fingerprint density at radius 1 is 1.28 bits per heavy atom. The van der Waals surface area contributed by atoms with Crippen molar-refractivity contribution in [1.29, 1.82) is 0 Å². The summed E-state index contributed by atoms with van der Waals surface area (Å²) in [4.78, 5) is 16.5. The molecule has 1 heterocycles. The summed E-state index contributed by atoms with van der Waals surface area (Å²) in [6.07, 6.45) is 0.578. The highest BCUT2D eigenvalue weighted by Crippen LogP contribution is 2.22. The first-order chi connectivity index (χ1) is 11.7. The molecule has 0 bridgehead atoms. The Bertz CT molecular complexity index is 610. The van der Waals surface area contributed by atoms with Crippen LogP contribution in [0, 0.1) is 5.41 Å². The highest BCUT2D eigenvalue weighted by atomic mass is 32.1. The first kappa shape index (κ1) is 19.5. The highest BCUT2D eigenvalue weighted by Gasteiger charge is 2.29. The molecule has 1 aliphatic rings. The van der Waals surface area contributed by atoms with E-state index in [4.69, 9.17) is 17.0 Å². The molecule has 1 amide bonds. The highest BCUT2D eigenvalue weighted by molar-refractivity contribution is 7.80. The topological polar surface area (TPSA) is 44.8 Å². The minimum Gasteiger partial charge on any atom is -0.497 e. The Kier molecular flexibility index (Phi) is 6.27. The standard InChI is InChI=1S/C19H29N3O2S/c1-14-13-21(17(23)12-19(2,3)4)10-11-22(14)18(25)20-15-6-8-16(24-5)9-7-15/h6-9,14H,10-13H2,1-5H3,(H,20,25). The van der Waals surface area contributed by atoms with Gasteiger partial charge in [0.1, 0.15) is 5.75 Å². The van der Waals surface area contributed by atoms with Gasteiger partial charge in [-0.1, -0.05) is 20.8 Å². The number of carbonyl (C=O) groups excluding carboxylic acids is 1. The van der Waals surface area contributed by atoms with Crippen LogP contribution in [0.15, 0.2) is 24.3 Å². The van der Waals surface area contributed by atoms with Gasteiger partial charge in [-0.3, -0.25) is 4.79 Å². The second kappa shape index (κ2) is 8.04. The van der Waals surface area contributed by atoms with E-state index in [-0.39, 0.29) is 17.4 Å². The van der Waals surface area contributed by atoms with Gasteiger partial charge in [-0.15, -0.1) is 0 Å². The molecule has 1 aromatic carbocycles. The fourth-order valence-electron chi connectivity index (χ4n) is 2.92. The summed E-state index contributed by atoms with van der Waals surface area (Å²) in [5.41, 5.74) is 0.951. The predicted octanol–water partition coefficient (Wildman–Crippen LogP) is 3.36. The van der Waals surface area contributed by atoms with E-state index in [1.54, 1.807) is 7.11 Å². The van der Waals surface area contributed by atoms with Gasteiger partial charge in [-0.05, 0) is 48.8 Å². The molecule has 0 radical (unpaired) electrons. The van der Waals surface area contributed by atoms with Gasteiger partial charge >= 0.3 is 0 Å². The third-order valence-electron chi connectivity index (χ3n) is 4.26. The summed E-state index contributed by atoms with van der Waals surface area (Å²) in [6.45, 7) is 10.6. The maximum Gasteiger partial charge on any atom is 0.223 e. The van der Waals surface area contributed by atoms with E-state index in [1.165, 1.54) is 0 Å². The molecule has 0 aromatic heterocycles. The molecule has 1 N–H and O–H groups in total. The van der Waals surface area contributed by atoms with Crippen molar-refractivity contribution in [2.75, 3.05) is 32.1 Å². The van der Waals surface area contributed by atoms with Gasteiger partial charge < -0.3 is 19.9 Å². The molecule has 1 aromatic rings. The summed E-state index contributed by atoms with van der Waals surface area (Å²) in [5, 5.41) is 3.97. The molecule has 1 fully saturated rings. The van der Waals surface area contributed by atoms with Gasteiger partial charge in [-0.2, -0.15) is 0 Å². The van der Waals surface area contributed by atoms with E-state index in [2.05, 4.69) is 37.9 Å². The molecule has 25 heavy (non-hydrogen) atoms. The number of amides is 1. The van der Waals surface area contributed by atoms with E-state index in [1.807, 2.05) is 29.2 Å². The molecule has 1 aliphatic heterocycles. The molecule has 0 spiro atoms. The van der Waals surface area contributed by atoms with E-state index in [9.17, 15) is 4.79 Å². The number of ether oxygens (including phenoxy) is 1. The van der Waals surface area contributed by atoms with E-state index < -0.39 is 0 Å². The molecule has 1 unspecified atom stereocenters. The van der Waals surface area contributed by atoms with Crippen molar-refractivity contribution in [2.24, 2.45) is 5.41 Å². The van der Waals surface area contributed by atoms with Gasteiger partial charge in [0.15, 0.2) is 5.11 Å². The Morgan fingerprint density at radius 2 is 1.92 bits per heavy atom. The van der Waals surface area contributed by atoms with Crippen LogP contribution in [-0.4, -0.2) is 53.6 Å². The quantitative estimate of drug-likeness (QED) is 0.835. The first-order valence-electron chi connectivity index (χ1n) is 8.69. The summed E-state index contributed by atoms with van der Waals surface area (Å²) in [6, 6.07) is 7.88. The van der Waals surface area contributed by atoms with Crippen LogP contribution in [0.5, 0.6) is 5.75 Å². The third-order valence-corrected chi connectivity index (χ3v) is 4.60. The number of nitrogens with one attached hydrogen (secondary N) is 1. The normalized spacial score (nSPS) is 18.0. The predicted molar refractivity (Wildman–Crippen MR) is 106 cm³/mol. The largest absolute Gasteiger partial charge is 0.497 e. The Labute approximate surface area is 156 Å². The van der Waals surface area contributed by atoms with Crippen molar-refractivity contribution in [3.63, 3.8) is 0 Å². The number of carbonyl (C=O) groups is 1. The van der Waals surface area contributed by atoms with Crippen molar-refractivity contribution < 1.29 is 9.53 Å². The third kappa shape index (κ3) is 5.59. The second-order valence-electron chi connectivity index (χ2n) is 7.78. The zero-order valence-corrected chi connectivity index (χ0v) is 16.7. The smallest absolute Gasteiger partial charge is 0.223 e. The molecule has 0 aliphatic carbocycles. The fourth-order valence-corrected chi connectivity index (χ4v) is 3.31. The molecule has 0 saturated carbocycles.